The van der Waals surface area contributed by atoms with Gasteiger partial charge in [-0.25, -0.2) is 0 Å². The van der Waals surface area contributed by atoms with Crippen molar-refractivity contribution in [3.05, 3.63) is 77.9 Å². The Kier molecular flexibility index (Phi) is 8.80. The Morgan fingerprint density at radius 2 is 1.55 bits per heavy atom. The second-order valence-electron chi connectivity index (χ2n) is 11.6. The summed E-state index contributed by atoms with van der Waals surface area (Å²) in [5.41, 5.74) is 0.0797. The molecule has 4 aliphatic rings. The summed E-state index contributed by atoms with van der Waals surface area (Å²) in [7, 11) is 0. The molecule has 10 heteroatoms. The summed E-state index contributed by atoms with van der Waals surface area (Å²) in [6, 6.07) is 13.5. The van der Waals surface area contributed by atoms with Crippen LogP contribution in [0, 0.1) is 11.8 Å². The van der Waals surface area contributed by atoms with Crippen LogP contribution in [-0.2, 0) is 19.1 Å². The molecule has 1 N–H and O–H groups in total. The average molecular weight is 620 g/mol. The fourth-order valence-corrected chi connectivity index (χ4v) is 7.22. The minimum atomic E-state index is -1.29. The minimum absolute atomic E-state index is 0.118. The lowest BCUT2D eigenvalue weighted by atomic mass is 9.77. The van der Waals surface area contributed by atoms with E-state index < -0.39 is 29.6 Å². The summed E-state index contributed by atoms with van der Waals surface area (Å²) in [4.78, 5) is 48.3. The Bertz CT molecular complexity index is 1440. The van der Waals surface area contributed by atoms with Crippen molar-refractivity contribution in [3.63, 3.8) is 0 Å². The number of carbonyl (C=O) groups is 3. The van der Waals surface area contributed by atoms with Gasteiger partial charge in [-0.3, -0.25) is 14.4 Å². The lowest BCUT2D eigenvalue weighted by molar-refractivity contribution is -0.140. The van der Waals surface area contributed by atoms with Gasteiger partial charge in [-0.15, -0.1) is 0 Å². The predicted octanol–water partition coefficient (Wildman–Crippen LogP) is 4.38. The summed E-state index contributed by atoms with van der Waals surface area (Å²) in [5.74, 6) is -1.64. The van der Waals surface area contributed by atoms with Gasteiger partial charge >= 0.3 is 0 Å². The lowest BCUT2D eigenvalue weighted by Gasteiger charge is -2.35. The molecule has 4 aliphatic heterocycles. The molecule has 2 aromatic carbocycles. The molecule has 9 nitrogen and oxygen atoms in total. The van der Waals surface area contributed by atoms with E-state index in [1.54, 1.807) is 39.0 Å². The quantitative estimate of drug-likeness (QED) is 0.313. The van der Waals surface area contributed by atoms with E-state index in [-0.39, 0.29) is 24.3 Å². The third kappa shape index (κ3) is 5.31. The molecule has 0 aliphatic carbocycles. The first-order valence-electron chi connectivity index (χ1n) is 15.4. The maximum atomic E-state index is 14.5. The van der Waals surface area contributed by atoms with Crippen molar-refractivity contribution in [2.45, 2.75) is 50.4 Å². The van der Waals surface area contributed by atoms with Crippen LogP contribution in [-0.4, -0.2) is 78.3 Å². The molecule has 0 bridgehead atoms. The van der Waals surface area contributed by atoms with Gasteiger partial charge in [0.15, 0.2) is 0 Å². The molecule has 232 valence electrons. The van der Waals surface area contributed by atoms with E-state index in [1.165, 1.54) is 0 Å². The van der Waals surface area contributed by atoms with E-state index in [4.69, 9.17) is 21.1 Å². The van der Waals surface area contributed by atoms with Crippen molar-refractivity contribution in [1.29, 1.82) is 0 Å². The van der Waals surface area contributed by atoms with Crippen molar-refractivity contribution in [2.24, 2.45) is 11.8 Å². The number of benzene rings is 2. The lowest BCUT2D eigenvalue weighted by Crippen LogP contribution is -2.55. The van der Waals surface area contributed by atoms with Crippen molar-refractivity contribution in [1.82, 2.24) is 4.90 Å². The highest BCUT2D eigenvalue weighted by Crippen LogP contribution is 2.54. The first-order valence-corrected chi connectivity index (χ1v) is 15.8. The number of hydrogen-bond donors (Lipinski definition) is 1. The zero-order valence-electron chi connectivity index (χ0n) is 24.8. The monoisotopic (exact) mass is 619 g/mol. The van der Waals surface area contributed by atoms with Gasteiger partial charge in [-0.2, -0.15) is 0 Å². The molecular weight excluding hydrogens is 582 g/mol. The van der Waals surface area contributed by atoms with Crippen molar-refractivity contribution in [3.8, 4) is 5.75 Å². The second-order valence-corrected chi connectivity index (χ2v) is 12.1. The van der Waals surface area contributed by atoms with Crippen LogP contribution in [0.3, 0.4) is 0 Å². The molecule has 5 atom stereocenters. The Labute approximate surface area is 262 Å². The fraction of sp³-hybridized carbons (Fsp3) is 0.441. The summed E-state index contributed by atoms with van der Waals surface area (Å²) in [6.45, 7) is 3.57. The number of halogens is 1. The highest BCUT2D eigenvalue weighted by molar-refractivity contribution is 6.30. The Hall–Kier alpha value is -3.66. The number of rotatable bonds is 10. The number of fused-ring (bicyclic) bond motifs is 2. The number of nitrogens with zero attached hydrogens (tertiary/aromatic N) is 3. The number of carbonyl (C=O) groups excluding carboxylic acids is 3. The number of anilines is 2. The van der Waals surface area contributed by atoms with Gasteiger partial charge in [0.1, 0.15) is 17.4 Å². The van der Waals surface area contributed by atoms with Crippen molar-refractivity contribution in [2.75, 3.05) is 42.6 Å². The molecule has 6 rings (SSSR count). The highest BCUT2D eigenvalue weighted by Gasteiger charge is 2.71. The number of hydrogen-bond acceptors (Lipinski definition) is 6. The molecule has 0 saturated carbocycles. The number of aliphatic hydroxyl groups is 1. The molecule has 44 heavy (non-hydrogen) atoms. The smallest absolute Gasteiger partial charge is 0.253 e. The van der Waals surface area contributed by atoms with Crippen LogP contribution < -0.4 is 14.5 Å². The van der Waals surface area contributed by atoms with Crippen LogP contribution in [0.4, 0.5) is 11.4 Å². The number of ether oxygens (including phenoxy) is 2. The molecule has 1 unspecified atom stereocenters. The van der Waals surface area contributed by atoms with E-state index in [9.17, 15) is 19.5 Å². The predicted molar refractivity (Wildman–Crippen MR) is 168 cm³/mol. The molecule has 0 aromatic heterocycles. The molecule has 2 saturated heterocycles. The number of likely N-dealkylation sites (tertiary alicyclic amines) is 1. The summed E-state index contributed by atoms with van der Waals surface area (Å²) < 4.78 is 12.3. The number of amides is 3. The van der Waals surface area contributed by atoms with Gasteiger partial charge in [0.2, 0.25) is 11.8 Å². The SMILES string of the molecule is CCOc1ccc(N2CC=C[C@H]3O[C@]45C=CCN(c6ccc(Cl)cc6)C(=O)C4N(CCCCCCO)C(=O)[C@@H]5[C@H]3C2=O)cc1. The van der Waals surface area contributed by atoms with Crippen LogP contribution in [0.2, 0.25) is 5.02 Å². The molecular formula is C34H38ClN3O6. The van der Waals surface area contributed by atoms with Crippen LogP contribution >= 0.6 is 11.6 Å². The maximum Gasteiger partial charge on any atom is 0.253 e. The fourth-order valence-electron chi connectivity index (χ4n) is 7.10. The Morgan fingerprint density at radius 3 is 2.25 bits per heavy atom. The van der Waals surface area contributed by atoms with Crippen LogP contribution in [0.5, 0.6) is 5.75 Å². The third-order valence-electron chi connectivity index (χ3n) is 9.06. The molecule has 0 radical (unpaired) electrons. The van der Waals surface area contributed by atoms with Gasteiger partial charge in [0.05, 0.1) is 24.5 Å². The summed E-state index contributed by atoms with van der Waals surface area (Å²) in [6.07, 6.45) is 9.83. The average Bonchev–Trinajstić information content (AvgIpc) is 3.33. The second kappa shape index (κ2) is 12.8. The zero-order chi connectivity index (χ0) is 30.8. The molecule has 3 amide bonds. The van der Waals surface area contributed by atoms with E-state index in [0.29, 0.717) is 61.2 Å². The summed E-state index contributed by atoms with van der Waals surface area (Å²) in [5, 5.41) is 9.77. The highest BCUT2D eigenvalue weighted by atomic mass is 35.5. The number of unbranched alkanes of at least 4 members (excludes halogenated alkanes) is 3. The van der Waals surface area contributed by atoms with Crippen LogP contribution in [0.15, 0.2) is 72.8 Å². The van der Waals surface area contributed by atoms with Gasteiger partial charge < -0.3 is 29.3 Å². The summed E-state index contributed by atoms with van der Waals surface area (Å²) >= 11 is 6.14. The van der Waals surface area contributed by atoms with Gasteiger partial charge in [-0.1, -0.05) is 48.7 Å². The van der Waals surface area contributed by atoms with E-state index >= 15 is 0 Å². The Balaban J connectivity index is 1.36. The van der Waals surface area contributed by atoms with Crippen LogP contribution in [0.25, 0.3) is 0 Å². The molecule has 4 heterocycles. The molecule has 1 spiro atoms. The van der Waals surface area contributed by atoms with E-state index in [1.807, 2.05) is 55.5 Å². The largest absolute Gasteiger partial charge is 0.494 e. The normalized spacial score (nSPS) is 27.7. The Morgan fingerprint density at radius 1 is 0.886 bits per heavy atom. The van der Waals surface area contributed by atoms with Gasteiger partial charge in [0, 0.05) is 42.6 Å². The van der Waals surface area contributed by atoms with Crippen LogP contribution in [0.1, 0.15) is 32.6 Å². The van der Waals surface area contributed by atoms with Crippen molar-refractivity contribution < 1.29 is 29.0 Å². The minimum Gasteiger partial charge on any atom is -0.494 e. The van der Waals surface area contributed by atoms with Crippen molar-refractivity contribution >= 4 is 40.7 Å². The van der Waals surface area contributed by atoms with Gasteiger partial charge in [0.25, 0.3) is 5.91 Å². The van der Waals surface area contributed by atoms with E-state index in [2.05, 4.69) is 0 Å². The molecule has 2 aromatic rings. The zero-order valence-corrected chi connectivity index (χ0v) is 25.6. The van der Waals surface area contributed by atoms with Gasteiger partial charge in [-0.05, 0) is 68.3 Å². The topological polar surface area (TPSA) is 99.6 Å². The maximum absolute atomic E-state index is 14.5. The standard InChI is InChI=1S/C34H38ClN3O6/c1-2-43-26-16-14-25(15-17-26)36-20-7-9-27-28(31(36)40)29-32(41)38(19-5-3-4-6-22-39)30-33(42)37(21-8-18-34(29,30)44-27)24-12-10-23(35)11-13-24/h7-18,27-30,39H,2-6,19-22H2,1H3/t27-,28+,29+,30?,34+/m1/s1. The first-order chi connectivity index (χ1) is 21.4. The third-order valence-corrected chi connectivity index (χ3v) is 9.32. The first kappa shape index (κ1) is 30.4. The number of aliphatic hydroxyl groups excluding tert-OH is 1. The molecule has 2 fully saturated rings. The van der Waals surface area contributed by atoms with E-state index in [0.717, 1.165) is 12.8 Å².